The summed E-state index contributed by atoms with van der Waals surface area (Å²) in [7, 11) is 1.73. The molecule has 0 spiro atoms. The van der Waals surface area contributed by atoms with Gasteiger partial charge in [0.25, 0.3) is 0 Å². The molecule has 1 aromatic heterocycles. The number of hydrogen-bond donors (Lipinski definition) is 1. The lowest BCUT2D eigenvalue weighted by molar-refractivity contribution is 0.190. The van der Waals surface area contributed by atoms with E-state index in [0.717, 1.165) is 49.8 Å². The summed E-state index contributed by atoms with van der Waals surface area (Å²) in [5, 5.41) is 3.48. The molecule has 0 aliphatic carbocycles. The van der Waals surface area contributed by atoms with E-state index < -0.39 is 0 Å². The largest absolute Gasteiger partial charge is 0.497 e. The number of nitrogens with zero attached hydrogens (tertiary/aromatic N) is 3. The zero-order valence-corrected chi connectivity index (χ0v) is 17.9. The number of rotatable bonds is 6. The Hall–Kier alpha value is -3.15. The van der Waals surface area contributed by atoms with Crippen LogP contribution < -0.4 is 10.1 Å². The molecule has 1 unspecified atom stereocenters. The molecule has 4 aromatic rings. The molecule has 1 fully saturated rings. The summed E-state index contributed by atoms with van der Waals surface area (Å²) < 4.78 is 7.94. The van der Waals surface area contributed by atoms with E-state index in [4.69, 9.17) is 9.72 Å². The van der Waals surface area contributed by atoms with Gasteiger partial charge in [-0.3, -0.25) is 4.90 Å². The number of nitrogens with one attached hydrogen (secondary N) is 1. The van der Waals surface area contributed by atoms with Crippen molar-refractivity contribution in [3.8, 4) is 5.75 Å². The number of ether oxygens (including phenoxy) is 1. The normalized spacial score (nSPS) is 15.8. The van der Waals surface area contributed by atoms with Crippen molar-refractivity contribution in [1.29, 1.82) is 0 Å². The van der Waals surface area contributed by atoms with E-state index in [1.54, 1.807) is 7.11 Å². The number of piperazine rings is 1. The lowest BCUT2D eigenvalue weighted by Crippen LogP contribution is -2.46. The summed E-state index contributed by atoms with van der Waals surface area (Å²) in [6.07, 6.45) is 0. The Bertz CT molecular complexity index is 1150. The Kier molecular flexibility index (Phi) is 5.69. The van der Waals surface area contributed by atoms with E-state index in [1.165, 1.54) is 16.6 Å². The number of aromatic nitrogens is 2. The molecule has 0 bridgehead atoms. The van der Waals surface area contributed by atoms with Crippen LogP contribution in [0.4, 0.5) is 0 Å². The number of methoxy groups -OCH3 is 1. The highest BCUT2D eigenvalue weighted by atomic mass is 16.5. The molecule has 1 atom stereocenters. The third kappa shape index (κ3) is 4.07. The van der Waals surface area contributed by atoms with Crippen molar-refractivity contribution in [3.63, 3.8) is 0 Å². The minimum absolute atomic E-state index is 0.0633. The third-order valence-corrected chi connectivity index (χ3v) is 6.04. The van der Waals surface area contributed by atoms with Crippen LogP contribution in [0.2, 0.25) is 0 Å². The molecule has 31 heavy (non-hydrogen) atoms. The predicted octanol–water partition coefficient (Wildman–Crippen LogP) is 4.09. The Morgan fingerprint density at radius 1 is 0.935 bits per heavy atom. The summed E-state index contributed by atoms with van der Waals surface area (Å²) in [6, 6.07) is 27.6. The first-order valence-corrected chi connectivity index (χ1v) is 10.9. The Labute approximate surface area is 183 Å². The molecule has 2 heterocycles. The second kappa shape index (κ2) is 8.92. The van der Waals surface area contributed by atoms with Gasteiger partial charge in [0, 0.05) is 32.7 Å². The average molecular weight is 413 g/mol. The van der Waals surface area contributed by atoms with E-state index >= 15 is 0 Å². The zero-order chi connectivity index (χ0) is 21.0. The summed E-state index contributed by atoms with van der Waals surface area (Å²) in [5.74, 6) is 1.96. The first-order valence-electron chi connectivity index (χ1n) is 10.9. The van der Waals surface area contributed by atoms with Gasteiger partial charge in [0.1, 0.15) is 11.6 Å². The van der Waals surface area contributed by atoms with Crippen LogP contribution in [0.1, 0.15) is 23.0 Å². The van der Waals surface area contributed by atoms with Crippen LogP contribution >= 0.6 is 0 Å². The molecule has 0 radical (unpaired) electrons. The number of imidazole rings is 1. The molecule has 1 N–H and O–H groups in total. The lowest BCUT2D eigenvalue weighted by Gasteiger charge is -2.35. The predicted molar refractivity (Wildman–Crippen MR) is 125 cm³/mol. The van der Waals surface area contributed by atoms with Crippen LogP contribution in [0.3, 0.4) is 0 Å². The molecule has 0 saturated carbocycles. The Morgan fingerprint density at radius 2 is 1.71 bits per heavy atom. The molecule has 158 valence electrons. The quantitative estimate of drug-likeness (QED) is 0.518. The van der Waals surface area contributed by atoms with Gasteiger partial charge in [-0.05, 0) is 35.4 Å². The van der Waals surface area contributed by atoms with Crippen LogP contribution in [-0.2, 0) is 6.54 Å². The number of para-hydroxylation sites is 2. The van der Waals surface area contributed by atoms with E-state index in [1.807, 2.05) is 6.07 Å². The van der Waals surface area contributed by atoms with E-state index in [2.05, 4.69) is 87.6 Å². The van der Waals surface area contributed by atoms with E-state index in [0.29, 0.717) is 0 Å². The summed E-state index contributed by atoms with van der Waals surface area (Å²) >= 11 is 0. The first-order chi connectivity index (χ1) is 15.3. The average Bonchev–Trinajstić information content (AvgIpc) is 3.18. The van der Waals surface area contributed by atoms with Gasteiger partial charge in [-0.2, -0.15) is 0 Å². The summed E-state index contributed by atoms with van der Waals surface area (Å²) in [6.45, 7) is 4.73. The molecule has 1 aliphatic rings. The first kappa shape index (κ1) is 19.8. The van der Waals surface area contributed by atoms with Crippen molar-refractivity contribution < 1.29 is 4.74 Å². The molecule has 5 nitrogen and oxygen atoms in total. The molecular weight excluding hydrogens is 384 g/mol. The van der Waals surface area contributed by atoms with Crippen LogP contribution in [0.25, 0.3) is 11.0 Å². The van der Waals surface area contributed by atoms with Crippen molar-refractivity contribution in [2.45, 2.75) is 12.6 Å². The van der Waals surface area contributed by atoms with Crippen molar-refractivity contribution >= 4 is 11.0 Å². The SMILES string of the molecule is COc1cccc(C(c2nc3ccccc3n2Cc2ccccc2)N2CCNCC2)c1. The molecule has 1 saturated heterocycles. The van der Waals surface area contributed by atoms with Gasteiger partial charge in [-0.1, -0.05) is 54.6 Å². The van der Waals surface area contributed by atoms with Crippen molar-refractivity contribution in [2.24, 2.45) is 0 Å². The smallest absolute Gasteiger partial charge is 0.132 e. The monoisotopic (exact) mass is 412 g/mol. The topological polar surface area (TPSA) is 42.3 Å². The van der Waals surface area contributed by atoms with Gasteiger partial charge < -0.3 is 14.6 Å². The maximum absolute atomic E-state index is 5.55. The minimum atomic E-state index is 0.0633. The van der Waals surface area contributed by atoms with Crippen molar-refractivity contribution in [2.75, 3.05) is 33.3 Å². The highest BCUT2D eigenvalue weighted by molar-refractivity contribution is 5.76. The van der Waals surface area contributed by atoms with Crippen molar-refractivity contribution in [1.82, 2.24) is 19.8 Å². The number of hydrogen-bond acceptors (Lipinski definition) is 4. The highest BCUT2D eigenvalue weighted by Gasteiger charge is 2.29. The van der Waals surface area contributed by atoms with Crippen LogP contribution in [0, 0.1) is 0 Å². The van der Waals surface area contributed by atoms with Gasteiger partial charge in [0.05, 0.1) is 24.2 Å². The summed E-state index contributed by atoms with van der Waals surface area (Å²) in [5.41, 5.74) is 4.70. The second-order valence-corrected chi connectivity index (χ2v) is 8.00. The van der Waals surface area contributed by atoms with Gasteiger partial charge >= 0.3 is 0 Å². The van der Waals surface area contributed by atoms with Crippen molar-refractivity contribution in [3.05, 3.63) is 95.8 Å². The Morgan fingerprint density at radius 3 is 2.52 bits per heavy atom. The maximum Gasteiger partial charge on any atom is 0.132 e. The van der Waals surface area contributed by atoms with Gasteiger partial charge in [0.15, 0.2) is 0 Å². The van der Waals surface area contributed by atoms with Crippen LogP contribution in [-0.4, -0.2) is 47.7 Å². The van der Waals surface area contributed by atoms with Crippen LogP contribution in [0.15, 0.2) is 78.9 Å². The van der Waals surface area contributed by atoms with Gasteiger partial charge in [0.2, 0.25) is 0 Å². The third-order valence-electron chi connectivity index (χ3n) is 6.04. The van der Waals surface area contributed by atoms with Gasteiger partial charge in [-0.15, -0.1) is 0 Å². The zero-order valence-electron chi connectivity index (χ0n) is 17.9. The minimum Gasteiger partial charge on any atom is -0.497 e. The molecule has 1 aliphatic heterocycles. The fourth-order valence-corrected chi connectivity index (χ4v) is 4.51. The molecule has 5 rings (SSSR count). The highest BCUT2D eigenvalue weighted by Crippen LogP contribution is 2.33. The van der Waals surface area contributed by atoms with E-state index in [-0.39, 0.29) is 6.04 Å². The van der Waals surface area contributed by atoms with Crippen LogP contribution in [0.5, 0.6) is 5.75 Å². The van der Waals surface area contributed by atoms with Gasteiger partial charge in [-0.25, -0.2) is 4.98 Å². The molecule has 0 amide bonds. The maximum atomic E-state index is 5.55. The molecule has 3 aromatic carbocycles. The second-order valence-electron chi connectivity index (χ2n) is 8.00. The fourth-order valence-electron chi connectivity index (χ4n) is 4.51. The molecule has 5 heteroatoms. The number of benzene rings is 3. The standard InChI is InChI=1S/C26H28N4O/c1-31-22-11-7-10-21(18-22)25(29-16-14-27-15-17-29)26-28-23-12-5-6-13-24(23)30(26)19-20-8-3-2-4-9-20/h2-13,18,25,27H,14-17,19H2,1H3. The number of fused-ring (bicyclic) bond motifs is 1. The van der Waals surface area contributed by atoms with E-state index in [9.17, 15) is 0 Å². The fraction of sp³-hybridized carbons (Fsp3) is 0.269. The lowest BCUT2D eigenvalue weighted by atomic mass is 10.0. The summed E-state index contributed by atoms with van der Waals surface area (Å²) in [4.78, 5) is 7.71. The Balaban J connectivity index is 1.67. The molecular formula is C26H28N4O.